The molecule has 1 heterocycles. The highest BCUT2D eigenvalue weighted by atomic mass is 32.2. The number of sulfonamides is 2. The third-order valence-electron chi connectivity index (χ3n) is 4.65. The molecule has 0 amide bonds. The maximum atomic E-state index is 13.0. The van der Waals surface area contributed by atoms with Crippen LogP contribution < -0.4 is 9.46 Å². The van der Waals surface area contributed by atoms with Crippen LogP contribution in [0.4, 0.5) is 5.69 Å². The second kappa shape index (κ2) is 9.35. The highest BCUT2D eigenvalue weighted by Crippen LogP contribution is 2.31. The second-order valence-corrected chi connectivity index (χ2v) is 10.4. The summed E-state index contributed by atoms with van der Waals surface area (Å²) in [5.74, 6) is -0.0830. The van der Waals surface area contributed by atoms with E-state index in [-0.39, 0.29) is 52.3 Å². The summed E-state index contributed by atoms with van der Waals surface area (Å²) in [6, 6.07) is 9.63. The van der Waals surface area contributed by atoms with E-state index in [0.717, 1.165) is 0 Å². The topological polar surface area (TPSA) is 119 Å². The summed E-state index contributed by atoms with van der Waals surface area (Å²) >= 11 is 0. The van der Waals surface area contributed by atoms with Crippen molar-refractivity contribution in [1.29, 1.82) is 0 Å². The molecule has 3 rings (SSSR count). The molecule has 0 saturated carbocycles. The third-order valence-corrected chi connectivity index (χ3v) is 7.91. The fourth-order valence-corrected chi connectivity index (χ4v) is 5.59. The normalized spacial score (nSPS) is 15.4. The number of carbonyl (C=O) groups excluding carboxylic acids is 1. The van der Waals surface area contributed by atoms with Gasteiger partial charge in [-0.05, 0) is 44.2 Å². The van der Waals surface area contributed by atoms with E-state index in [0.29, 0.717) is 13.2 Å². The molecule has 0 aliphatic carbocycles. The molecule has 0 bridgehead atoms. The van der Waals surface area contributed by atoms with Gasteiger partial charge in [-0.25, -0.2) is 16.8 Å². The number of carbonyl (C=O) groups is 1. The number of hydrogen-bond acceptors (Lipinski definition) is 7. The smallest absolute Gasteiger partial charge is 0.262 e. The van der Waals surface area contributed by atoms with E-state index in [2.05, 4.69) is 4.72 Å². The Labute approximate surface area is 182 Å². The maximum Gasteiger partial charge on any atom is 0.262 e. The maximum absolute atomic E-state index is 13.0. The molecule has 1 aliphatic heterocycles. The first-order chi connectivity index (χ1) is 14.6. The van der Waals surface area contributed by atoms with Crippen molar-refractivity contribution >= 4 is 31.5 Å². The number of rotatable bonds is 8. The molecule has 1 aliphatic rings. The predicted molar refractivity (Wildman–Crippen MR) is 114 cm³/mol. The Kier molecular flexibility index (Phi) is 6.99. The molecule has 2 aromatic rings. The molecule has 11 heteroatoms. The fraction of sp³-hybridized carbons (Fsp3) is 0.350. The summed E-state index contributed by atoms with van der Waals surface area (Å²) in [5.41, 5.74) is 0.237. The van der Waals surface area contributed by atoms with E-state index in [1.165, 1.54) is 53.7 Å². The van der Waals surface area contributed by atoms with Crippen LogP contribution in [0, 0.1) is 0 Å². The Morgan fingerprint density at radius 1 is 1.06 bits per heavy atom. The number of Topliss-reactive ketones (excluding diaryl/α,β-unsaturated/α-hetero) is 1. The summed E-state index contributed by atoms with van der Waals surface area (Å²) in [5, 5.41) is 0. The lowest BCUT2D eigenvalue weighted by molar-refractivity contribution is 0.0730. The first-order valence-corrected chi connectivity index (χ1v) is 12.6. The zero-order valence-electron chi connectivity index (χ0n) is 17.2. The largest absolute Gasteiger partial charge is 0.492 e. The number of benzene rings is 2. The van der Waals surface area contributed by atoms with Crippen LogP contribution in [0.3, 0.4) is 0 Å². The van der Waals surface area contributed by atoms with Crippen LogP contribution in [0.1, 0.15) is 24.2 Å². The number of nitrogens with zero attached hydrogens (tertiary/aromatic N) is 1. The minimum Gasteiger partial charge on any atom is -0.492 e. The summed E-state index contributed by atoms with van der Waals surface area (Å²) in [4.78, 5) is 11.4. The number of morpholine rings is 1. The van der Waals surface area contributed by atoms with Crippen LogP contribution in [-0.4, -0.2) is 59.8 Å². The van der Waals surface area contributed by atoms with Crippen molar-refractivity contribution in [2.45, 2.75) is 23.6 Å². The Bertz CT molecular complexity index is 1170. The van der Waals surface area contributed by atoms with Crippen LogP contribution in [0.5, 0.6) is 5.75 Å². The van der Waals surface area contributed by atoms with Gasteiger partial charge in [-0.15, -0.1) is 0 Å². The summed E-state index contributed by atoms with van der Waals surface area (Å²) in [6.07, 6.45) is 0. The lowest BCUT2D eigenvalue weighted by Crippen LogP contribution is -2.40. The summed E-state index contributed by atoms with van der Waals surface area (Å²) in [6.45, 7) is 4.34. The highest BCUT2D eigenvalue weighted by Gasteiger charge is 2.28. The van der Waals surface area contributed by atoms with Crippen molar-refractivity contribution in [2.75, 3.05) is 37.6 Å². The van der Waals surface area contributed by atoms with Gasteiger partial charge >= 0.3 is 0 Å². The first kappa shape index (κ1) is 23.2. The minimum absolute atomic E-state index is 0.00980. The van der Waals surface area contributed by atoms with Crippen molar-refractivity contribution in [3.63, 3.8) is 0 Å². The second-order valence-electron chi connectivity index (χ2n) is 6.80. The van der Waals surface area contributed by atoms with E-state index in [1.807, 2.05) is 0 Å². The van der Waals surface area contributed by atoms with Crippen molar-refractivity contribution < 1.29 is 31.1 Å². The van der Waals surface area contributed by atoms with E-state index in [4.69, 9.17) is 9.47 Å². The molecule has 1 N–H and O–H groups in total. The van der Waals surface area contributed by atoms with Gasteiger partial charge in [0.1, 0.15) is 5.75 Å². The zero-order valence-corrected chi connectivity index (χ0v) is 18.8. The van der Waals surface area contributed by atoms with Gasteiger partial charge in [0.15, 0.2) is 5.78 Å². The molecular weight excluding hydrogens is 444 g/mol. The van der Waals surface area contributed by atoms with E-state index in [9.17, 15) is 21.6 Å². The van der Waals surface area contributed by atoms with Crippen LogP contribution in [-0.2, 0) is 24.8 Å². The van der Waals surface area contributed by atoms with Gasteiger partial charge in [0.25, 0.3) is 10.0 Å². The molecule has 0 spiro atoms. The SMILES string of the molecule is CCOc1ccc(S(=O)(=O)N2CCOCC2)cc1NS(=O)(=O)c1cccc(C(C)=O)c1. The predicted octanol–water partition coefficient (Wildman–Crippen LogP) is 2.11. The Morgan fingerprint density at radius 2 is 1.77 bits per heavy atom. The molecule has 1 fully saturated rings. The van der Waals surface area contributed by atoms with Crippen LogP contribution in [0.2, 0.25) is 0 Å². The molecule has 0 atom stereocenters. The molecule has 0 radical (unpaired) electrons. The van der Waals surface area contributed by atoms with Crippen molar-refractivity contribution in [1.82, 2.24) is 4.31 Å². The number of nitrogens with one attached hydrogen (secondary N) is 1. The van der Waals surface area contributed by atoms with E-state index < -0.39 is 20.0 Å². The molecular formula is C20H24N2O7S2. The van der Waals surface area contributed by atoms with Crippen molar-refractivity contribution in [3.8, 4) is 5.75 Å². The average molecular weight is 469 g/mol. The monoisotopic (exact) mass is 468 g/mol. The lowest BCUT2D eigenvalue weighted by Gasteiger charge is -2.26. The van der Waals surface area contributed by atoms with Gasteiger partial charge < -0.3 is 9.47 Å². The van der Waals surface area contributed by atoms with Crippen LogP contribution in [0.15, 0.2) is 52.3 Å². The average Bonchev–Trinajstić information content (AvgIpc) is 2.75. The molecule has 0 aromatic heterocycles. The first-order valence-electron chi connectivity index (χ1n) is 9.63. The van der Waals surface area contributed by atoms with Gasteiger partial charge in [0.2, 0.25) is 10.0 Å². The van der Waals surface area contributed by atoms with Gasteiger partial charge in [0.05, 0.1) is 35.3 Å². The molecule has 0 unspecified atom stereocenters. The minimum atomic E-state index is -4.11. The number of ether oxygens (including phenoxy) is 2. The van der Waals surface area contributed by atoms with E-state index in [1.54, 1.807) is 6.92 Å². The van der Waals surface area contributed by atoms with E-state index >= 15 is 0 Å². The molecule has 9 nitrogen and oxygen atoms in total. The number of hydrogen-bond donors (Lipinski definition) is 1. The summed E-state index contributed by atoms with van der Waals surface area (Å²) in [7, 11) is -7.94. The molecule has 2 aromatic carbocycles. The van der Waals surface area contributed by atoms with Gasteiger partial charge in [-0.3, -0.25) is 9.52 Å². The lowest BCUT2D eigenvalue weighted by atomic mass is 10.2. The third kappa shape index (κ3) is 5.24. The van der Waals surface area contributed by atoms with Gasteiger partial charge in [-0.2, -0.15) is 4.31 Å². The van der Waals surface area contributed by atoms with Crippen LogP contribution in [0.25, 0.3) is 0 Å². The standard InChI is InChI=1S/C20H24N2O7S2/c1-3-29-20-8-7-18(31(26,27)22-9-11-28-12-10-22)14-19(20)21-30(24,25)17-6-4-5-16(13-17)15(2)23/h4-8,13-14,21H,3,9-12H2,1-2H3. The van der Waals surface area contributed by atoms with Gasteiger partial charge in [-0.1, -0.05) is 12.1 Å². The highest BCUT2D eigenvalue weighted by molar-refractivity contribution is 7.92. The van der Waals surface area contributed by atoms with Gasteiger partial charge in [0, 0.05) is 18.7 Å². The van der Waals surface area contributed by atoms with Crippen molar-refractivity contribution in [2.24, 2.45) is 0 Å². The summed E-state index contributed by atoms with van der Waals surface area (Å²) < 4.78 is 66.2. The quantitative estimate of drug-likeness (QED) is 0.589. The zero-order chi connectivity index (χ0) is 22.6. The number of ketones is 1. The number of anilines is 1. The van der Waals surface area contributed by atoms with Crippen LogP contribution >= 0.6 is 0 Å². The fourth-order valence-electron chi connectivity index (χ4n) is 3.05. The molecule has 168 valence electrons. The molecule has 31 heavy (non-hydrogen) atoms. The Hall–Kier alpha value is -2.47. The van der Waals surface area contributed by atoms with Crippen molar-refractivity contribution in [3.05, 3.63) is 48.0 Å². The Morgan fingerprint density at radius 3 is 2.42 bits per heavy atom. The Balaban J connectivity index is 2.00. The molecule has 1 saturated heterocycles.